The van der Waals surface area contributed by atoms with Crippen molar-refractivity contribution >= 4 is 0 Å². The smallest absolute Gasteiger partial charge is 0.161 e. The first-order valence-electron chi connectivity index (χ1n) is 8.18. The maximum Gasteiger partial charge on any atom is 0.161 e. The molecule has 0 aliphatic rings. The van der Waals surface area contributed by atoms with Crippen LogP contribution < -0.4 is 9.47 Å². The first-order valence-corrected chi connectivity index (χ1v) is 8.18. The van der Waals surface area contributed by atoms with E-state index in [1.54, 1.807) is 14.2 Å². The Hall–Kier alpha value is -2.83. The van der Waals surface area contributed by atoms with Gasteiger partial charge in [-0.1, -0.05) is 11.2 Å². The van der Waals surface area contributed by atoms with Gasteiger partial charge in [0.1, 0.15) is 11.6 Å². The summed E-state index contributed by atoms with van der Waals surface area (Å²) in [6.07, 6.45) is 1.20. The lowest BCUT2D eigenvalue weighted by Gasteiger charge is -2.08. The standard InChI is InChI=1S/C18H22N4O3/c1-5-22-18(11-14-8-12(2)21-25-14)19-17(20-22)10-13-6-7-15(23-3)16(9-13)24-4/h6-9H,5,10-11H2,1-4H3. The molecule has 0 radical (unpaired) electrons. The van der Waals surface area contributed by atoms with Crippen molar-refractivity contribution in [3.05, 3.63) is 52.9 Å². The zero-order chi connectivity index (χ0) is 17.8. The van der Waals surface area contributed by atoms with Gasteiger partial charge in [-0.05, 0) is 31.5 Å². The number of aromatic nitrogens is 4. The van der Waals surface area contributed by atoms with E-state index in [1.807, 2.05) is 42.8 Å². The lowest BCUT2D eigenvalue weighted by Crippen LogP contribution is -2.04. The van der Waals surface area contributed by atoms with Gasteiger partial charge < -0.3 is 14.0 Å². The Labute approximate surface area is 146 Å². The van der Waals surface area contributed by atoms with Crippen molar-refractivity contribution in [3.63, 3.8) is 0 Å². The molecule has 0 spiro atoms. The van der Waals surface area contributed by atoms with Gasteiger partial charge in [-0.3, -0.25) is 0 Å². The number of ether oxygens (including phenoxy) is 2. The minimum Gasteiger partial charge on any atom is -0.493 e. The van der Waals surface area contributed by atoms with E-state index < -0.39 is 0 Å². The summed E-state index contributed by atoms with van der Waals surface area (Å²) in [5.74, 6) is 3.83. The molecule has 0 aliphatic carbocycles. The second-order valence-electron chi connectivity index (χ2n) is 5.74. The Morgan fingerprint density at radius 3 is 2.52 bits per heavy atom. The zero-order valence-electron chi connectivity index (χ0n) is 14.9. The number of hydrogen-bond donors (Lipinski definition) is 0. The monoisotopic (exact) mass is 342 g/mol. The van der Waals surface area contributed by atoms with Crippen molar-refractivity contribution in [2.45, 2.75) is 33.2 Å². The molecule has 0 N–H and O–H groups in total. The summed E-state index contributed by atoms with van der Waals surface area (Å²) in [5.41, 5.74) is 1.93. The van der Waals surface area contributed by atoms with Crippen molar-refractivity contribution < 1.29 is 14.0 Å². The molecule has 132 valence electrons. The normalized spacial score (nSPS) is 10.9. The molecule has 0 saturated carbocycles. The van der Waals surface area contributed by atoms with E-state index in [-0.39, 0.29) is 0 Å². The molecule has 0 fully saturated rings. The van der Waals surface area contributed by atoms with Gasteiger partial charge in [0.05, 0.1) is 26.3 Å². The third kappa shape index (κ3) is 3.81. The molecule has 0 aliphatic heterocycles. The molecule has 2 aromatic heterocycles. The summed E-state index contributed by atoms with van der Waals surface area (Å²) >= 11 is 0. The third-order valence-corrected chi connectivity index (χ3v) is 3.91. The predicted octanol–water partition coefficient (Wildman–Crippen LogP) is 2.79. The highest BCUT2D eigenvalue weighted by Crippen LogP contribution is 2.28. The highest BCUT2D eigenvalue weighted by Gasteiger charge is 2.13. The minimum absolute atomic E-state index is 0.577. The summed E-state index contributed by atoms with van der Waals surface area (Å²) in [4.78, 5) is 4.67. The fraction of sp³-hybridized carbons (Fsp3) is 0.389. The molecule has 0 unspecified atom stereocenters. The van der Waals surface area contributed by atoms with Crippen molar-refractivity contribution in [1.82, 2.24) is 19.9 Å². The summed E-state index contributed by atoms with van der Waals surface area (Å²) in [6, 6.07) is 7.75. The lowest BCUT2D eigenvalue weighted by molar-refractivity contribution is 0.354. The molecule has 0 atom stereocenters. The van der Waals surface area contributed by atoms with E-state index >= 15 is 0 Å². The highest BCUT2D eigenvalue weighted by atomic mass is 16.5. The van der Waals surface area contributed by atoms with Gasteiger partial charge in [0.2, 0.25) is 0 Å². The fourth-order valence-corrected chi connectivity index (χ4v) is 2.71. The SMILES string of the molecule is CCn1nc(Cc2ccc(OC)c(OC)c2)nc1Cc1cc(C)no1. The fourth-order valence-electron chi connectivity index (χ4n) is 2.71. The Morgan fingerprint density at radius 1 is 1.08 bits per heavy atom. The van der Waals surface area contributed by atoms with Gasteiger partial charge in [0.25, 0.3) is 0 Å². The van der Waals surface area contributed by atoms with Gasteiger partial charge in [-0.15, -0.1) is 0 Å². The lowest BCUT2D eigenvalue weighted by atomic mass is 10.1. The number of rotatable bonds is 7. The first-order chi connectivity index (χ1) is 12.1. The molecule has 3 aromatic rings. The van der Waals surface area contributed by atoms with Crippen LogP contribution in [0.5, 0.6) is 11.5 Å². The maximum atomic E-state index is 5.36. The Morgan fingerprint density at radius 2 is 1.88 bits per heavy atom. The van der Waals surface area contributed by atoms with Gasteiger partial charge in [-0.2, -0.15) is 5.10 Å². The second kappa shape index (κ2) is 7.38. The Kier molecular flexibility index (Phi) is 5.02. The molecular formula is C18H22N4O3. The van der Waals surface area contributed by atoms with E-state index in [2.05, 4.69) is 15.2 Å². The van der Waals surface area contributed by atoms with E-state index in [1.165, 1.54) is 0 Å². The summed E-state index contributed by atoms with van der Waals surface area (Å²) in [6.45, 7) is 4.70. The van der Waals surface area contributed by atoms with Gasteiger partial charge in [-0.25, -0.2) is 9.67 Å². The molecule has 2 heterocycles. The van der Waals surface area contributed by atoms with Crippen LogP contribution in [0.4, 0.5) is 0 Å². The summed E-state index contributed by atoms with van der Waals surface area (Å²) < 4.78 is 17.8. The molecule has 3 rings (SSSR count). The zero-order valence-corrected chi connectivity index (χ0v) is 14.9. The molecular weight excluding hydrogens is 320 g/mol. The molecule has 0 amide bonds. The van der Waals surface area contributed by atoms with E-state index in [4.69, 9.17) is 14.0 Å². The third-order valence-electron chi connectivity index (χ3n) is 3.91. The molecule has 0 saturated heterocycles. The van der Waals surface area contributed by atoms with Crippen LogP contribution >= 0.6 is 0 Å². The predicted molar refractivity (Wildman–Crippen MR) is 92.1 cm³/mol. The average molecular weight is 342 g/mol. The maximum absolute atomic E-state index is 5.36. The van der Waals surface area contributed by atoms with Crippen LogP contribution in [-0.2, 0) is 19.4 Å². The van der Waals surface area contributed by atoms with E-state index in [9.17, 15) is 0 Å². The van der Waals surface area contributed by atoms with Crippen LogP contribution in [-0.4, -0.2) is 34.1 Å². The van der Waals surface area contributed by atoms with E-state index in [0.29, 0.717) is 24.3 Å². The number of aryl methyl sites for hydroxylation is 2. The number of benzene rings is 1. The van der Waals surface area contributed by atoms with Gasteiger partial charge in [0, 0.05) is 19.0 Å². The molecule has 7 nitrogen and oxygen atoms in total. The molecule has 0 bridgehead atoms. The number of nitrogens with zero attached hydrogens (tertiary/aromatic N) is 4. The minimum atomic E-state index is 0.577. The summed E-state index contributed by atoms with van der Waals surface area (Å²) in [7, 11) is 3.25. The topological polar surface area (TPSA) is 75.2 Å². The Bertz CT molecular complexity index is 854. The highest BCUT2D eigenvalue weighted by molar-refractivity contribution is 5.43. The molecule has 1 aromatic carbocycles. The first kappa shape index (κ1) is 17.0. The van der Waals surface area contributed by atoms with Crippen LogP contribution in [0.1, 0.15) is 35.6 Å². The quantitative estimate of drug-likeness (QED) is 0.657. The van der Waals surface area contributed by atoms with Gasteiger partial charge >= 0.3 is 0 Å². The van der Waals surface area contributed by atoms with Crippen molar-refractivity contribution in [1.29, 1.82) is 0 Å². The van der Waals surface area contributed by atoms with Crippen LogP contribution in [0.3, 0.4) is 0 Å². The molecule has 7 heteroatoms. The number of methoxy groups -OCH3 is 2. The van der Waals surface area contributed by atoms with Gasteiger partial charge in [0.15, 0.2) is 17.3 Å². The largest absolute Gasteiger partial charge is 0.493 e. The number of hydrogen-bond acceptors (Lipinski definition) is 6. The van der Waals surface area contributed by atoms with E-state index in [0.717, 1.165) is 35.2 Å². The Balaban J connectivity index is 1.81. The van der Waals surface area contributed by atoms with Crippen LogP contribution in [0.25, 0.3) is 0 Å². The molecule has 25 heavy (non-hydrogen) atoms. The second-order valence-corrected chi connectivity index (χ2v) is 5.74. The van der Waals surface area contributed by atoms with Crippen LogP contribution in [0.2, 0.25) is 0 Å². The van der Waals surface area contributed by atoms with Crippen LogP contribution in [0, 0.1) is 6.92 Å². The van der Waals surface area contributed by atoms with Crippen LogP contribution in [0.15, 0.2) is 28.8 Å². The average Bonchev–Trinajstić information content (AvgIpc) is 3.20. The van der Waals surface area contributed by atoms with Crippen molar-refractivity contribution in [3.8, 4) is 11.5 Å². The van der Waals surface area contributed by atoms with Crippen molar-refractivity contribution in [2.24, 2.45) is 0 Å². The van der Waals surface area contributed by atoms with Crippen molar-refractivity contribution in [2.75, 3.05) is 14.2 Å². The summed E-state index contributed by atoms with van der Waals surface area (Å²) in [5, 5.41) is 8.52.